The maximum Gasteiger partial charge on any atom is 0.105 e. The molecule has 0 bridgehead atoms. The van der Waals surface area contributed by atoms with Gasteiger partial charge in [-0.2, -0.15) is 0 Å². The van der Waals surface area contributed by atoms with Gasteiger partial charge in [-0.15, -0.1) is 0 Å². The van der Waals surface area contributed by atoms with E-state index in [0.717, 1.165) is 14.6 Å². The number of pyridine rings is 2. The zero-order valence-electron chi connectivity index (χ0n) is 6.58. The first kappa shape index (κ1) is 7.91. The third-order valence-corrected chi connectivity index (χ3v) is 2.84. The Hall–Kier alpha value is -0.710. The summed E-state index contributed by atoms with van der Waals surface area (Å²) in [7, 11) is 0. The zero-order valence-corrected chi connectivity index (χ0v) is 8.74. The quantitative estimate of drug-likeness (QED) is 0.543. The van der Waals surface area contributed by atoms with E-state index < -0.39 is 0 Å². The second-order valence-corrected chi connectivity index (χ2v) is 3.69. The Labute approximate surface area is 84.2 Å². The van der Waals surface area contributed by atoms with Crippen molar-refractivity contribution in [2.45, 2.75) is 6.92 Å². The Balaban J connectivity index is 2.84. The minimum Gasteiger partial charge on any atom is -0.262 e. The second-order valence-electron chi connectivity index (χ2n) is 2.66. The van der Waals surface area contributed by atoms with E-state index in [9.17, 15) is 0 Å². The van der Waals surface area contributed by atoms with Crippen LogP contribution in [0.3, 0.4) is 0 Å². The van der Waals surface area contributed by atoms with Crippen LogP contribution in [-0.4, -0.2) is 9.97 Å². The van der Waals surface area contributed by atoms with Gasteiger partial charge in [0.05, 0.1) is 11.7 Å². The van der Waals surface area contributed by atoms with Gasteiger partial charge in [-0.05, 0) is 47.2 Å². The summed E-state index contributed by atoms with van der Waals surface area (Å²) < 4.78 is 1.05. The van der Waals surface area contributed by atoms with Crippen molar-refractivity contribution in [3.8, 4) is 0 Å². The van der Waals surface area contributed by atoms with Gasteiger partial charge in [0.1, 0.15) is 3.70 Å². The number of aromatic nitrogens is 2. The monoisotopic (exact) mass is 270 g/mol. The van der Waals surface area contributed by atoms with Gasteiger partial charge in [0.25, 0.3) is 0 Å². The van der Waals surface area contributed by atoms with E-state index in [-0.39, 0.29) is 0 Å². The molecule has 0 fully saturated rings. The molecule has 0 aliphatic heterocycles. The maximum atomic E-state index is 4.40. The molecule has 3 heteroatoms. The highest BCUT2D eigenvalue weighted by Crippen LogP contribution is 2.15. The largest absolute Gasteiger partial charge is 0.262 e. The molecule has 0 aromatic carbocycles. The van der Waals surface area contributed by atoms with Crippen LogP contribution in [0.25, 0.3) is 10.9 Å². The van der Waals surface area contributed by atoms with Crippen molar-refractivity contribution in [3.05, 3.63) is 33.8 Å². The van der Waals surface area contributed by atoms with Crippen LogP contribution in [0.2, 0.25) is 0 Å². The normalized spacial score (nSPS) is 10.5. The fourth-order valence-corrected chi connectivity index (χ4v) is 1.51. The highest BCUT2D eigenvalue weighted by molar-refractivity contribution is 14.1. The molecular weight excluding hydrogens is 263 g/mol. The van der Waals surface area contributed by atoms with E-state index in [1.807, 2.05) is 6.07 Å². The molecule has 0 spiro atoms. The molecule has 0 N–H and O–H groups in total. The number of aryl methyl sites for hydroxylation is 1. The Kier molecular flexibility index (Phi) is 1.96. The molecule has 2 aromatic heterocycles. The Morgan fingerprint density at radius 3 is 3.08 bits per heavy atom. The summed E-state index contributed by atoms with van der Waals surface area (Å²) in [5, 5.41) is 1.16. The summed E-state index contributed by atoms with van der Waals surface area (Å²) in [6.07, 6.45) is 3.58. The lowest BCUT2D eigenvalue weighted by Crippen LogP contribution is -1.87. The molecule has 0 aliphatic rings. The summed E-state index contributed by atoms with van der Waals surface area (Å²) in [5.74, 6) is 0. The van der Waals surface area contributed by atoms with Gasteiger partial charge in [-0.3, -0.25) is 4.98 Å². The van der Waals surface area contributed by atoms with Crippen molar-refractivity contribution < 1.29 is 0 Å². The zero-order chi connectivity index (χ0) is 8.55. The first-order chi connectivity index (χ1) is 5.77. The third kappa shape index (κ3) is 1.29. The fourth-order valence-electron chi connectivity index (χ4n) is 1.10. The van der Waals surface area contributed by atoms with Gasteiger partial charge < -0.3 is 0 Å². The lowest BCUT2D eigenvalue weighted by atomic mass is 10.2. The Bertz CT molecular complexity index is 385. The highest BCUT2D eigenvalue weighted by atomic mass is 127. The van der Waals surface area contributed by atoms with Crippen molar-refractivity contribution in [2.24, 2.45) is 0 Å². The number of rotatable bonds is 0. The van der Waals surface area contributed by atoms with E-state index >= 15 is 0 Å². The van der Waals surface area contributed by atoms with E-state index in [0.29, 0.717) is 0 Å². The van der Waals surface area contributed by atoms with Crippen LogP contribution in [0.5, 0.6) is 0 Å². The molecule has 2 aromatic rings. The van der Waals surface area contributed by atoms with E-state index in [1.54, 1.807) is 12.4 Å². The van der Waals surface area contributed by atoms with Crippen LogP contribution >= 0.6 is 22.6 Å². The fraction of sp³-hybridized carbons (Fsp3) is 0.111. The summed E-state index contributed by atoms with van der Waals surface area (Å²) in [6, 6.07) is 4.11. The molecule has 0 atom stereocenters. The van der Waals surface area contributed by atoms with Gasteiger partial charge in [0.2, 0.25) is 0 Å². The molecule has 0 radical (unpaired) electrons. The molecule has 2 rings (SSSR count). The van der Waals surface area contributed by atoms with Gasteiger partial charge in [0, 0.05) is 11.6 Å². The Morgan fingerprint density at radius 1 is 1.42 bits per heavy atom. The molecule has 2 heterocycles. The number of hydrogen-bond acceptors (Lipinski definition) is 2. The van der Waals surface area contributed by atoms with Crippen molar-refractivity contribution in [1.29, 1.82) is 0 Å². The first-order valence-electron chi connectivity index (χ1n) is 3.64. The molecule has 60 valence electrons. The van der Waals surface area contributed by atoms with Crippen molar-refractivity contribution >= 4 is 33.5 Å². The predicted octanol–water partition coefficient (Wildman–Crippen LogP) is 2.54. The predicted molar refractivity (Wildman–Crippen MR) is 57.0 cm³/mol. The topological polar surface area (TPSA) is 25.8 Å². The summed E-state index contributed by atoms with van der Waals surface area (Å²) in [6.45, 7) is 2.06. The van der Waals surface area contributed by atoms with Gasteiger partial charge >= 0.3 is 0 Å². The average Bonchev–Trinajstić information content (AvgIpc) is 2.07. The standard InChI is InChI=1S/C9H7IN2/c1-6-4-7-2-3-11-5-8(7)12-9(6)10/h2-5H,1H3. The minimum absolute atomic E-state index is 0.965. The molecule has 0 saturated carbocycles. The number of halogens is 1. The number of fused-ring (bicyclic) bond motifs is 1. The molecule has 2 nitrogen and oxygen atoms in total. The summed E-state index contributed by atoms with van der Waals surface area (Å²) in [4.78, 5) is 8.42. The molecule has 0 saturated heterocycles. The number of hydrogen-bond donors (Lipinski definition) is 0. The number of nitrogens with zero attached hydrogens (tertiary/aromatic N) is 2. The molecule has 12 heavy (non-hydrogen) atoms. The molecular formula is C9H7IN2. The minimum atomic E-state index is 0.965. The lowest BCUT2D eigenvalue weighted by molar-refractivity contribution is 1.24. The van der Waals surface area contributed by atoms with Crippen LogP contribution in [0.4, 0.5) is 0 Å². The molecule has 0 aliphatic carbocycles. The van der Waals surface area contributed by atoms with Crippen LogP contribution in [-0.2, 0) is 0 Å². The summed E-state index contributed by atoms with van der Waals surface area (Å²) >= 11 is 2.23. The van der Waals surface area contributed by atoms with Crippen LogP contribution in [0.1, 0.15) is 5.56 Å². The van der Waals surface area contributed by atoms with E-state index in [2.05, 4.69) is 45.5 Å². The maximum absolute atomic E-state index is 4.40. The van der Waals surface area contributed by atoms with Gasteiger partial charge in [0.15, 0.2) is 0 Å². The van der Waals surface area contributed by atoms with E-state index in [4.69, 9.17) is 0 Å². The van der Waals surface area contributed by atoms with Gasteiger partial charge in [-0.1, -0.05) is 0 Å². The SMILES string of the molecule is Cc1cc2ccncc2nc1I. The average molecular weight is 270 g/mol. The van der Waals surface area contributed by atoms with Crippen LogP contribution < -0.4 is 0 Å². The van der Waals surface area contributed by atoms with Crippen molar-refractivity contribution in [1.82, 2.24) is 9.97 Å². The second kappa shape index (κ2) is 2.97. The van der Waals surface area contributed by atoms with E-state index in [1.165, 1.54) is 5.56 Å². The van der Waals surface area contributed by atoms with Crippen LogP contribution in [0, 0.1) is 10.6 Å². The highest BCUT2D eigenvalue weighted by Gasteiger charge is 1.98. The lowest BCUT2D eigenvalue weighted by Gasteiger charge is -1.99. The first-order valence-corrected chi connectivity index (χ1v) is 4.72. The van der Waals surface area contributed by atoms with Gasteiger partial charge in [-0.25, -0.2) is 4.98 Å². The smallest absolute Gasteiger partial charge is 0.105 e. The van der Waals surface area contributed by atoms with Crippen molar-refractivity contribution in [3.63, 3.8) is 0 Å². The van der Waals surface area contributed by atoms with Crippen LogP contribution in [0.15, 0.2) is 24.5 Å². The molecule has 0 unspecified atom stereocenters. The third-order valence-electron chi connectivity index (χ3n) is 1.75. The van der Waals surface area contributed by atoms with Crippen molar-refractivity contribution in [2.75, 3.05) is 0 Å². The summed E-state index contributed by atoms with van der Waals surface area (Å²) in [5.41, 5.74) is 2.18. The molecule has 0 amide bonds. The Morgan fingerprint density at radius 2 is 2.25 bits per heavy atom.